The van der Waals surface area contributed by atoms with Gasteiger partial charge in [0.25, 0.3) is 0 Å². The molecule has 18 heavy (non-hydrogen) atoms. The van der Waals surface area contributed by atoms with Gasteiger partial charge in [0.05, 0.1) is 6.54 Å². The van der Waals surface area contributed by atoms with Crippen LogP contribution >= 0.6 is 12.6 Å². The van der Waals surface area contributed by atoms with Crippen molar-refractivity contribution in [3.05, 3.63) is 29.8 Å². The molecule has 0 saturated heterocycles. The van der Waals surface area contributed by atoms with Gasteiger partial charge in [-0.05, 0) is 45.0 Å². The number of hydrogen-bond donors (Lipinski definition) is 2. The van der Waals surface area contributed by atoms with E-state index in [1.807, 2.05) is 45.0 Å². The molecule has 1 N–H and O–H groups in total. The van der Waals surface area contributed by atoms with Crippen molar-refractivity contribution < 1.29 is 9.53 Å². The molecule has 0 fully saturated rings. The summed E-state index contributed by atoms with van der Waals surface area (Å²) >= 11 is 4.19. The lowest BCUT2D eigenvalue weighted by Gasteiger charge is -2.18. The third kappa shape index (κ3) is 6.21. The van der Waals surface area contributed by atoms with Crippen molar-refractivity contribution in [2.24, 2.45) is 0 Å². The average Bonchev–Trinajstić information content (AvgIpc) is 2.24. The van der Waals surface area contributed by atoms with Crippen molar-refractivity contribution >= 4 is 18.7 Å². The zero-order valence-electron chi connectivity index (χ0n) is 10.8. The van der Waals surface area contributed by atoms with Gasteiger partial charge in [-0.2, -0.15) is 0 Å². The number of carbonyl (C=O) groups is 1. The standard InChI is InChI=1S/C14H17NO2S/c1-14(2,3)17-13(16)15-10-4-5-11-6-8-12(18)9-7-11/h6-9,18H,10H2,1-3H3,(H,15,16). The molecule has 0 aromatic heterocycles. The van der Waals surface area contributed by atoms with Gasteiger partial charge < -0.3 is 10.1 Å². The summed E-state index contributed by atoms with van der Waals surface area (Å²) in [6, 6.07) is 7.49. The van der Waals surface area contributed by atoms with Crippen LogP contribution in [0.2, 0.25) is 0 Å². The van der Waals surface area contributed by atoms with E-state index >= 15 is 0 Å². The van der Waals surface area contributed by atoms with Crippen molar-refractivity contribution in [1.29, 1.82) is 0 Å². The van der Waals surface area contributed by atoms with Gasteiger partial charge in [-0.15, -0.1) is 12.6 Å². The first-order valence-electron chi connectivity index (χ1n) is 5.61. The van der Waals surface area contributed by atoms with Crippen LogP contribution in [0.3, 0.4) is 0 Å². The summed E-state index contributed by atoms with van der Waals surface area (Å²) in [4.78, 5) is 12.2. The van der Waals surface area contributed by atoms with E-state index in [4.69, 9.17) is 4.74 Å². The normalized spacial score (nSPS) is 10.2. The van der Waals surface area contributed by atoms with E-state index in [9.17, 15) is 4.79 Å². The summed E-state index contributed by atoms with van der Waals surface area (Å²) in [5.41, 5.74) is 0.402. The van der Waals surface area contributed by atoms with E-state index in [1.165, 1.54) is 0 Å². The van der Waals surface area contributed by atoms with Gasteiger partial charge in [0.1, 0.15) is 5.60 Å². The molecule has 0 bridgehead atoms. The lowest BCUT2D eigenvalue weighted by Crippen LogP contribution is -2.32. The summed E-state index contributed by atoms with van der Waals surface area (Å²) in [7, 11) is 0. The lowest BCUT2D eigenvalue weighted by molar-refractivity contribution is 0.0535. The summed E-state index contributed by atoms with van der Waals surface area (Å²) in [5, 5.41) is 2.57. The SMILES string of the molecule is CC(C)(C)OC(=O)NCC#Cc1ccc(S)cc1. The lowest BCUT2D eigenvalue weighted by atomic mass is 10.2. The van der Waals surface area contributed by atoms with E-state index in [2.05, 4.69) is 29.8 Å². The largest absolute Gasteiger partial charge is 0.444 e. The molecule has 0 aliphatic heterocycles. The maximum Gasteiger partial charge on any atom is 0.408 e. The third-order valence-corrected chi connectivity index (χ3v) is 2.12. The molecule has 0 atom stereocenters. The topological polar surface area (TPSA) is 38.3 Å². The van der Waals surface area contributed by atoms with Crippen LogP contribution in [-0.4, -0.2) is 18.2 Å². The van der Waals surface area contributed by atoms with E-state index in [-0.39, 0.29) is 6.54 Å². The summed E-state index contributed by atoms with van der Waals surface area (Å²) < 4.78 is 5.08. The molecule has 1 aromatic carbocycles. The number of amides is 1. The van der Waals surface area contributed by atoms with Crippen molar-refractivity contribution in [1.82, 2.24) is 5.32 Å². The molecule has 0 saturated carbocycles. The zero-order chi connectivity index (χ0) is 13.6. The van der Waals surface area contributed by atoms with Gasteiger partial charge in [0.2, 0.25) is 0 Å². The fourth-order valence-corrected chi connectivity index (χ4v) is 1.27. The number of carbonyl (C=O) groups excluding carboxylic acids is 1. The van der Waals surface area contributed by atoms with Gasteiger partial charge in [-0.25, -0.2) is 4.79 Å². The van der Waals surface area contributed by atoms with E-state index in [0.717, 1.165) is 10.5 Å². The van der Waals surface area contributed by atoms with Crippen LogP contribution in [0.5, 0.6) is 0 Å². The van der Waals surface area contributed by atoms with Crippen LogP contribution < -0.4 is 5.32 Å². The second kappa shape index (κ2) is 6.36. The number of rotatable bonds is 1. The number of ether oxygens (including phenoxy) is 1. The molecule has 0 aliphatic rings. The minimum atomic E-state index is -0.486. The quantitative estimate of drug-likeness (QED) is 0.604. The Morgan fingerprint density at radius 1 is 1.33 bits per heavy atom. The highest BCUT2D eigenvalue weighted by Crippen LogP contribution is 2.07. The first kappa shape index (κ1) is 14.5. The number of alkyl carbamates (subject to hydrolysis) is 1. The van der Waals surface area contributed by atoms with Crippen LogP contribution in [0.4, 0.5) is 4.79 Å². The molecular formula is C14H17NO2S. The molecule has 1 amide bonds. The molecule has 0 unspecified atom stereocenters. The minimum Gasteiger partial charge on any atom is -0.444 e. The number of hydrogen-bond acceptors (Lipinski definition) is 3. The van der Waals surface area contributed by atoms with Gasteiger partial charge in [-0.1, -0.05) is 11.8 Å². The Morgan fingerprint density at radius 2 is 1.94 bits per heavy atom. The zero-order valence-corrected chi connectivity index (χ0v) is 11.7. The monoisotopic (exact) mass is 263 g/mol. The number of nitrogens with one attached hydrogen (secondary N) is 1. The smallest absolute Gasteiger partial charge is 0.408 e. The maximum atomic E-state index is 11.3. The highest BCUT2D eigenvalue weighted by atomic mass is 32.1. The van der Waals surface area contributed by atoms with E-state index in [0.29, 0.717) is 0 Å². The van der Waals surface area contributed by atoms with Crippen LogP contribution in [0.15, 0.2) is 29.2 Å². The van der Waals surface area contributed by atoms with Gasteiger partial charge in [0.15, 0.2) is 0 Å². The van der Waals surface area contributed by atoms with Crippen LogP contribution in [-0.2, 0) is 4.74 Å². The molecule has 3 nitrogen and oxygen atoms in total. The molecule has 4 heteroatoms. The molecule has 0 radical (unpaired) electrons. The predicted molar refractivity (Wildman–Crippen MR) is 74.8 cm³/mol. The first-order chi connectivity index (χ1) is 8.37. The number of thiol groups is 1. The summed E-state index contributed by atoms with van der Waals surface area (Å²) in [6.07, 6.45) is -0.456. The summed E-state index contributed by atoms with van der Waals surface area (Å²) in [6.45, 7) is 5.71. The van der Waals surface area contributed by atoms with Crippen LogP contribution in [0.1, 0.15) is 26.3 Å². The van der Waals surface area contributed by atoms with Crippen LogP contribution in [0, 0.1) is 11.8 Å². The van der Waals surface area contributed by atoms with E-state index in [1.54, 1.807) is 0 Å². The molecule has 1 aromatic rings. The Labute approximate surface area is 113 Å². The molecule has 0 aliphatic carbocycles. The molecule has 0 heterocycles. The van der Waals surface area contributed by atoms with Crippen LogP contribution in [0.25, 0.3) is 0 Å². The second-order valence-corrected chi connectivity index (χ2v) is 5.22. The fraction of sp³-hybridized carbons (Fsp3) is 0.357. The molecule has 96 valence electrons. The fourth-order valence-electron chi connectivity index (χ4n) is 1.12. The Balaban J connectivity index is 2.38. The first-order valence-corrected chi connectivity index (χ1v) is 6.06. The summed E-state index contributed by atoms with van der Waals surface area (Å²) in [5.74, 6) is 5.79. The van der Waals surface area contributed by atoms with Crippen molar-refractivity contribution in [3.8, 4) is 11.8 Å². The number of benzene rings is 1. The van der Waals surface area contributed by atoms with Crippen molar-refractivity contribution in [2.45, 2.75) is 31.3 Å². The minimum absolute atomic E-state index is 0.261. The van der Waals surface area contributed by atoms with Gasteiger partial charge in [0, 0.05) is 10.5 Å². The Morgan fingerprint density at radius 3 is 2.50 bits per heavy atom. The third-order valence-electron chi connectivity index (χ3n) is 1.82. The molecule has 1 rings (SSSR count). The average molecular weight is 263 g/mol. The van der Waals surface area contributed by atoms with Gasteiger partial charge >= 0.3 is 6.09 Å². The Bertz CT molecular complexity index is 463. The second-order valence-electron chi connectivity index (χ2n) is 4.70. The van der Waals surface area contributed by atoms with E-state index < -0.39 is 11.7 Å². The molecular weight excluding hydrogens is 246 g/mol. The molecule has 0 spiro atoms. The van der Waals surface area contributed by atoms with Crippen molar-refractivity contribution in [2.75, 3.05) is 6.54 Å². The van der Waals surface area contributed by atoms with Gasteiger partial charge in [-0.3, -0.25) is 0 Å². The Hall–Kier alpha value is -1.60. The van der Waals surface area contributed by atoms with Crippen molar-refractivity contribution in [3.63, 3.8) is 0 Å². The predicted octanol–water partition coefficient (Wildman–Crippen LogP) is 2.85. The highest BCUT2D eigenvalue weighted by Gasteiger charge is 2.14. The Kier molecular flexibility index (Phi) is 5.11. The maximum absolute atomic E-state index is 11.3. The highest BCUT2D eigenvalue weighted by molar-refractivity contribution is 7.80.